The number of hydrogen-bond acceptors (Lipinski definition) is 4. The summed E-state index contributed by atoms with van der Waals surface area (Å²) in [5, 5.41) is 19.8. The first kappa shape index (κ1) is 14.1. The largest absolute Gasteiger partial charge is 0.480 e. The summed E-state index contributed by atoms with van der Waals surface area (Å²) in [6, 6.07) is 6.59. The van der Waals surface area contributed by atoms with Crippen LogP contribution in [0.15, 0.2) is 30.3 Å². The van der Waals surface area contributed by atoms with E-state index < -0.39 is 24.0 Å². The SMILES string of the molecule is N[C@@H](C(=O)NC(CCO)C(=O)O)c1ccccc1. The lowest BCUT2D eigenvalue weighted by molar-refractivity contribution is -0.142. The number of aliphatic hydroxyl groups is 1. The minimum atomic E-state index is -1.20. The Morgan fingerprint density at radius 2 is 1.89 bits per heavy atom. The zero-order valence-corrected chi connectivity index (χ0v) is 9.74. The fourth-order valence-corrected chi connectivity index (χ4v) is 1.46. The van der Waals surface area contributed by atoms with Crippen molar-refractivity contribution in [3.8, 4) is 0 Å². The Morgan fingerprint density at radius 3 is 2.39 bits per heavy atom. The molecular formula is C12H16N2O4. The Bertz CT molecular complexity index is 408. The molecule has 1 rings (SSSR count). The highest BCUT2D eigenvalue weighted by Gasteiger charge is 2.23. The third kappa shape index (κ3) is 3.83. The molecule has 0 fully saturated rings. The van der Waals surface area contributed by atoms with E-state index in [2.05, 4.69) is 5.32 Å². The van der Waals surface area contributed by atoms with E-state index in [1.807, 2.05) is 0 Å². The second-order valence-corrected chi connectivity index (χ2v) is 3.80. The van der Waals surface area contributed by atoms with Crippen molar-refractivity contribution in [2.24, 2.45) is 5.73 Å². The Kier molecular flexibility index (Phi) is 5.29. The number of nitrogens with one attached hydrogen (secondary N) is 1. The summed E-state index contributed by atoms with van der Waals surface area (Å²) in [6.07, 6.45) is -0.0530. The average molecular weight is 252 g/mol. The number of nitrogens with two attached hydrogens (primary N) is 1. The van der Waals surface area contributed by atoms with Crippen molar-refractivity contribution < 1.29 is 19.8 Å². The zero-order valence-electron chi connectivity index (χ0n) is 9.74. The number of carbonyl (C=O) groups excluding carboxylic acids is 1. The maximum atomic E-state index is 11.8. The molecule has 1 aromatic rings. The molecule has 0 saturated carbocycles. The van der Waals surface area contributed by atoms with Crippen molar-refractivity contribution in [3.05, 3.63) is 35.9 Å². The third-order valence-corrected chi connectivity index (χ3v) is 2.47. The quantitative estimate of drug-likeness (QED) is 0.552. The van der Waals surface area contributed by atoms with Gasteiger partial charge >= 0.3 is 5.97 Å². The topological polar surface area (TPSA) is 113 Å². The van der Waals surface area contributed by atoms with Gasteiger partial charge in [0.15, 0.2) is 0 Å². The molecule has 0 saturated heterocycles. The minimum Gasteiger partial charge on any atom is -0.480 e. The summed E-state index contributed by atoms with van der Waals surface area (Å²) in [6.45, 7) is -0.322. The predicted molar refractivity (Wildman–Crippen MR) is 64.6 cm³/mol. The van der Waals surface area contributed by atoms with E-state index in [1.165, 1.54) is 0 Å². The van der Waals surface area contributed by atoms with Gasteiger partial charge in [-0.2, -0.15) is 0 Å². The van der Waals surface area contributed by atoms with E-state index in [0.29, 0.717) is 5.56 Å². The fourth-order valence-electron chi connectivity index (χ4n) is 1.46. The maximum absolute atomic E-state index is 11.8. The normalized spacial score (nSPS) is 13.7. The summed E-state index contributed by atoms with van der Waals surface area (Å²) in [7, 11) is 0. The Morgan fingerprint density at radius 1 is 1.28 bits per heavy atom. The summed E-state index contributed by atoms with van der Waals surface area (Å²) < 4.78 is 0. The number of carboxylic acid groups (broad SMARTS) is 1. The first-order chi connectivity index (χ1) is 8.56. The Balaban J connectivity index is 2.67. The van der Waals surface area contributed by atoms with Crippen LogP contribution >= 0.6 is 0 Å². The molecule has 0 radical (unpaired) electrons. The maximum Gasteiger partial charge on any atom is 0.326 e. The third-order valence-electron chi connectivity index (χ3n) is 2.47. The molecule has 5 N–H and O–H groups in total. The predicted octanol–water partition coefficient (Wildman–Crippen LogP) is -0.362. The van der Waals surface area contributed by atoms with E-state index in [9.17, 15) is 9.59 Å². The van der Waals surface area contributed by atoms with Gasteiger partial charge in [-0.15, -0.1) is 0 Å². The van der Waals surface area contributed by atoms with Gasteiger partial charge in [0.1, 0.15) is 12.1 Å². The molecule has 2 atom stereocenters. The molecule has 0 aromatic heterocycles. The molecule has 0 aliphatic heterocycles. The van der Waals surface area contributed by atoms with E-state index >= 15 is 0 Å². The number of aliphatic carboxylic acids is 1. The summed E-state index contributed by atoms with van der Waals surface area (Å²) in [5.74, 6) is -1.78. The standard InChI is InChI=1S/C12H16N2O4/c13-10(8-4-2-1-3-5-8)11(16)14-9(6-7-15)12(17)18/h1-5,9-10,15H,6-7,13H2,(H,14,16)(H,17,18)/t9?,10-/m1/s1. The molecule has 1 amide bonds. The highest BCUT2D eigenvalue weighted by atomic mass is 16.4. The molecule has 6 nitrogen and oxygen atoms in total. The highest BCUT2D eigenvalue weighted by molar-refractivity contribution is 5.87. The minimum absolute atomic E-state index is 0.0530. The van der Waals surface area contributed by atoms with E-state index in [4.69, 9.17) is 15.9 Å². The molecule has 6 heteroatoms. The molecule has 18 heavy (non-hydrogen) atoms. The number of amides is 1. The van der Waals surface area contributed by atoms with Crippen LogP contribution in [-0.4, -0.2) is 34.7 Å². The first-order valence-electron chi connectivity index (χ1n) is 5.51. The summed E-state index contributed by atoms with van der Waals surface area (Å²) in [4.78, 5) is 22.6. The van der Waals surface area contributed by atoms with Gasteiger partial charge in [0, 0.05) is 13.0 Å². The molecule has 0 aliphatic carbocycles. The number of carbonyl (C=O) groups is 2. The Hall–Kier alpha value is -1.92. The summed E-state index contributed by atoms with van der Waals surface area (Å²) in [5.41, 5.74) is 6.32. The number of aliphatic hydroxyl groups excluding tert-OH is 1. The first-order valence-corrected chi connectivity index (χ1v) is 5.51. The van der Waals surface area contributed by atoms with E-state index in [1.54, 1.807) is 30.3 Å². The van der Waals surface area contributed by atoms with Gasteiger partial charge in [-0.1, -0.05) is 30.3 Å². The molecule has 1 aromatic carbocycles. The van der Waals surface area contributed by atoms with Gasteiger partial charge in [0.05, 0.1) is 0 Å². The van der Waals surface area contributed by atoms with Gasteiger partial charge < -0.3 is 21.3 Å². The van der Waals surface area contributed by atoms with Crippen LogP contribution in [0.3, 0.4) is 0 Å². The molecule has 0 aliphatic rings. The van der Waals surface area contributed by atoms with Crippen molar-refractivity contribution in [2.45, 2.75) is 18.5 Å². The van der Waals surface area contributed by atoms with E-state index in [-0.39, 0.29) is 13.0 Å². The van der Waals surface area contributed by atoms with Crippen molar-refractivity contribution in [1.82, 2.24) is 5.32 Å². The van der Waals surface area contributed by atoms with Gasteiger partial charge in [-0.25, -0.2) is 4.79 Å². The lowest BCUT2D eigenvalue weighted by Crippen LogP contribution is -2.45. The molecule has 0 spiro atoms. The number of benzene rings is 1. The van der Waals surface area contributed by atoms with Gasteiger partial charge in [0.2, 0.25) is 5.91 Å². The Labute approximate surface area is 104 Å². The van der Waals surface area contributed by atoms with Crippen LogP contribution in [-0.2, 0) is 9.59 Å². The molecule has 0 heterocycles. The van der Waals surface area contributed by atoms with E-state index in [0.717, 1.165) is 0 Å². The second-order valence-electron chi connectivity index (χ2n) is 3.80. The number of carboxylic acids is 1. The molecular weight excluding hydrogens is 236 g/mol. The van der Waals surface area contributed by atoms with Crippen LogP contribution in [0.25, 0.3) is 0 Å². The van der Waals surface area contributed by atoms with Crippen molar-refractivity contribution in [3.63, 3.8) is 0 Å². The van der Waals surface area contributed by atoms with Crippen molar-refractivity contribution >= 4 is 11.9 Å². The van der Waals surface area contributed by atoms with Gasteiger partial charge in [-0.3, -0.25) is 4.79 Å². The lowest BCUT2D eigenvalue weighted by Gasteiger charge is -2.17. The summed E-state index contributed by atoms with van der Waals surface area (Å²) >= 11 is 0. The van der Waals surface area contributed by atoms with Crippen LogP contribution in [0.2, 0.25) is 0 Å². The van der Waals surface area contributed by atoms with Gasteiger partial charge in [-0.05, 0) is 5.56 Å². The number of hydrogen-bond donors (Lipinski definition) is 4. The molecule has 98 valence electrons. The van der Waals surface area contributed by atoms with Crippen molar-refractivity contribution in [2.75, 3.05) is 6.61 Å². The highest BCUT2D eigenvalue weighted by Crippen LogP contribution is 2.09. The average Bonchev–Trinajstić information content (AvgIpc) is 2.38. The van der Waals surface area contributed by atoms with Crippen molar-refractivity contribution in [1.29, 1.82) is 0 Å². The fraction of sp³-hybridized carbons (Fsp3) is 0.333. The zero-order chi connectivity index (χ0) is 13.5. The second kappa shape index (κ2) is 6.73. The molecule has 1 unspecified atom stereocenters. The monoisotopic (exact) mass is 252 g/mol. The smallest absolute Gasteiger partial charge is 0.326 e. The van der Waals surface area contributed by atoms with Crippen LogP contribution in [0.4, 0.5) is 0 Å². The van der Waals surface area contributed by atoms with Crippen LogP contribution in [0, 0.1) is 0 Å². The van der Waals surface area contributed by atoms with Crippen LogP contribution in [0.1, 0.15) is 18.0 Å². The van der Waals surface area contributed by atoms with Gasteiger partial charge in [0.25, 0.3) is 0 Å². The van der Waals surface area contributed by atoms with Crippen LogP contribution < -0.4 is 11.1 Å². The van der Waals surface area contributed by atoms with Crippen LogP contribution in [0.5, 0.6) is 0 Å². The molecule has 0 bridgehead atoms. The number of rotatable bonds is 6. The lowest BCUT2D eigenvalue weighted by atomic mass is 10.1.